The van der Waals surface area contributed by atoms with Crippen LogP contribution in [0.25, 0.3) is 6.08 Å². The molecule has 0 saturated heterocycles. The summed E-state index contributed by atoms with van der Waals surface area (Å²) in [5, 5.41) is 3.31. The molecule has 0 aromatic heterocycles. The molecule has 1 amide bonds. The van der Waals surface area contributed by atoms with Gasteiger partial charge in [-0.3, -0.25) is 9.59 Å². The zero-order valence-electron chi connectivity index (χ0n) is 13.8. The second kappa shape index (κ2) is 9.17. The third-order valence-electron chi connectivity index (χ3n) is 3.31. The molecule has 0 aliphatic heterocycles. The van der Waals surface area contributed by atoms with E-state index in [1.165, 1.54) is 13.0 Å². The zero-order valence-corrected chi connectivity index (χ0v) is 15.3. The van der Waals surface area contributed by atoms with E-state index in [0.29, 0.717) is 26.9 Å². The van der Waals surface area contributed by atoms with E-state index in [1.54, 1.807) is 42.5 Å². The average Bonchev–Trinajstić information content (AvgIpc) is 2.60. The lowest BCUT2D eigenvalue weighted by Gasteiger charge is -2.08. The maximum atomic E-state index is 11.9. The molecule has 0 aliphatic carbocycles. The van der Waals surface area contributed by atoms with Crippen LogP contribution in [0.5, 0.6) is 0 Å². The van der Waals surface area contributed by atoms with E-state index < -0.39 is 18.5 Å². The molecule has 26 heavy (non-hydrogen) atoms. The lowest BCUT2D eigenvalue weighted by Crippen LogP contribution is -2.21. The number of esters is 1. The molecular formula is C19H15Cl2NO4. The van der Waals surface area contributed by atoms with Crippen molar-refractivity contribution in [3.63, 3.8) is 0 Å². The summed E-state index contributed by atoms with van der Waals surface area (Å²) in [5.74, 6) is -1.47. The van der Waals surface area contributed by atoms with Crippen LogP contribution < -0.4 is 5.32 Å². The minimum absolute atomic E-state index is 0.183. The monoisotopic (exact) mass is 391 g/mol. The van der Waals surface area contributed by atoms with Crippen LogP contribution in [-0.4, -0.2) is 24.3 Å². The van der Waals surface area contributed by atoms with Crippen molar-refractivity contribution in [2.75, 3.05) is 11.9 Å². The number of nitrogens with one attached hydrogen (secondary N) is 1. The largest absolute Gasteiger partial charge is 0.452 e. The molecule has 7 heteroatoms. The number of carbonyl (C=O) groups is 3. The highest BCUT2D eigenvalue weighted by Crippen LogP contribution is 2.25. The van der Waals surface area contributed by atoms with Gasteiger partial charge in [0.2, 0.25) is 0 Å². The molecule has 0 radical (unpaired) electrons. The number of hydrogen-bond donors (Lipinski definition) is 1. The van der Waals surface area contributed by atoms with Gasteiger partial charge in [0.05, 0.1) is 5.69 Å². The van der Waals surface area contributed by atoms with Crippen molar-refractivity contribution in [1.82, 2.24) is 0 Å². The van der Waals surface area contributed by atoms with Crippen molar-refractivity contribution >= 4 is 52.6 Å². The average molecular weight is 392 g/mol. The Hall–Kier alpha value is -2.63. The first-order chi connectivity index (χ1) is 12.4. The Kier molecular flexibility index (Phi) is 6.95. The van der Waals surface area contributed by atoms with Gasteiger partial charge in [-0.2, -0.15) is 0 Å². The smallest absolute Gasteiger partial charge is 0.331 e. The number of para-hydroxylation sites is 1. The molecule has 5 nitrogen and oxygen atoms in total. The van der Waals surface area contributed by atoms with Gasteiger partial charge in [0.25, 0.3) is 5.91 Å². The summed E-state index contributed by atoms with van der Waals surface area (Å²) < 4.78 is 4.87. The fraction of sp³-hybridized carbons (Fsp3) is 0.105. The molecule has 2 rings (SSSR count). The number of hydrogen-bond acceptors (Lipinski definition) is 4. The molecule has 134 valence electrons. The molecule has 0 aliphatic rings. The van der Waals surface area contributed by atoms with Crippen LogP contribution in [0.3, 0.4) is 0 Å². The normalized spacial score (nSPS) is 10.6. The van der Waals surface area contributed by atoms with Crippen molar-refractivity contribution in [2.45, 2.75) is 6.92 Å². The lowest BCUT2D eigenvalue weighted by atomic mass is 10.1. The van der Waals surface area contributed by atoms with Crippen molar-refractivity contribution in [3.8, 4) is 0 Å². The number of Topliss-reactive ketones (excluding diaryl/α,β-unsaturated/α-hetero) is 1. The van der Waals surface area contributed by atoms with E-state index >= 15 is 0 Å². The van der Waals surface area contributed by atoms with E-state index in [2.05, 4.69) is 5.32 Å². The van der Waals surface area contributed by atoms with Crippen molar-refractivity contribution in [2.24, 2.45) is 0 Å². The molecule has 2 aromatic rings. The quantitative estimate of drug-likeness (QED) is 0.450. The SMILES string of the molecule is CC(=O)c1ccccc1NC(=O)COC(=O)/C=C/c1c(Cl)cccc1Cl. The van der Waals surface area contributed by atoms with E-state index in [1.807, 2.05) is 0 Å². The summed E-state index contributed by atoms with van der Waals surface area (Å²) in [6.45, 7) is 0.904. The van der Waals surface area contributed by atoms with E-state index in [4.69, 9.17) is 27.9 Å². The van der Waals surface area contributed by atoms with Crippen molar-refractivity contribution in [1.29, 1.82) is 0 Å². The van der Waals surface area contributed by atoms with Crippen molar-refractivity contribution in [3.05, 3.63) is 69.7 Å². The fourth-order valence-electron chi connectivity index (χ4n) is 2.09. The first-order valence-electron chi connectivity index (χ1n) is 7.57. The molecule has 0 fully saturated rings. The first kappa shape index (κ1) is 19.7. The Bertz CT molecular complexity index is 857. The van der Waals surface area contributed by atoms with Crippen LogP contribution in [0.4, 0.5) is 5.69 Å². The summed E-state index contributed by atoms with van der Waals surface area (Å²) in [4.78, 5) is 35.2. The second-order valence-corrected chi connectivity index (χ2v) is 6.04. The van der Waals surface area contributed by atoms with Gasteiger partial charge >= 0.3 is 5.97 Å². The van der Waals surface area contributed by atoms with Crippen LogP contribution in [-0.2, 0) is 14.3 Å². The number of rotatable bonds is 6. The standard InChI is InChI=1S/C19H15Cl2NO4/c1-12(23)13-5-2-3-8-17(13)22-18(24)11-26-19(25)10-9-14-15(20)6-4-7-16(14)21/h2-10H,11H2,1H3,(H,22,24)/b10-9+. The van der Waals surface area contributed by atoms with Gasteiger partial charge in [0.1, 0.15) is 0 Å². The molecule has 1 N–H and O–H groups in total. The third kappa shape index (κ3) is 5.44. The second-order valence-electron chi connectivity index (χ2n) is 5.23. The molecule has 0 bridgehead atoms. The Morgan fingerprint density at radius 3 is 2.35 bits per heavy atom. The Balaban J connectivity index is 1.92. The van der Waals surface area contributed by atoms with Gasteiger partial charge < -0.3 is 10.1 Å². The summed E-state index contributed by atoms with van der Waals surface area (Å²) in [6, 6.07) is 11.5. The number of amides is 1. The van der Waals surface area contributed by atoms with Gasteiger partial charge in [-0.25, -0.2) is 4.79 Å². The highest BCUT2D eigenvalue weighted by Gasteiger charge is 2.11. The van der Waals surface area contributed by atoms with Gasteiger partial charge in [-0.05, 0) is 37.3 Å². The maximum Gasteiger partial charge on any atom is 0.331 e. The number of anilines is 1. The molecule has 0 atom stereocenters. The Morgan fingerprint density at radius 2 is 1.69 bits per heavy atom. The van der Waals surface area contributed by atoms with Gasteiger partial charge in [0, 0.05) is 27.2 Å². The number of halogens is 2. The molecule has 2 aromatic carbocycles. The Morgan fingerprint density at radius 1 is 1.04 bits per heavy atom. The first-order valence-corrected chi connectivity index (χ1v) is 8.32. The van der Waals surface area contributed by atoms with Crippen LogP contribution >= 0.6 is 23.2 Å². The number of carbonyl (C=O) groups excluding carboxylic acids is 3. The number of ketones is 1. The number of benzene rings is 2. The summed E-state index contributed by atoms with van der Waals surface area (Å²) in [5.41, 5.74) is 1.22. The third-order valence-corrected chi connectivity index (χ3v) is 3.97. The summed E-state index contributed by atoms with van der Waals surface area (Å²) in [7, 11) is 0. The van der Waals surface area contributed by atoms with Gasteiger partial charge in [-0.15, -0.1) is 0 Å². The highest BCUT2D eigenvalue weighted by molar-refractivity contribution is 6.37. The molecule has 0 saturated carbocycles. The highest BCUT2D eigenvalue weighted by atomic mass is 35.5. The maximum absolute atomic E-state index is 11.9. The topological polar surface area (TPSA) is 72.5 Å². The fourth-order valence-corrected chi connectivity index (χ4v) is 2.61. The van der Waals surface area contributed by atoms with E-state index in [-0.39, 0.29) is 5.78 Å². The van der Waals surface area contributed by atoms with Crippen LogP contribution in [0.15, 0.2) is 48.5 Å². The zero-order chi connectivity index (χ0) is 19.1. The molecule has 0 spiro atoms. The minimum atomic E-state index is -0.726. The van der Waals surface area contributed by atoms with Gasteiger partial charge in [0.15, 0.2) is 12.4 Å². The van der Waals surface area contributed by atoms with Crippen LogP contribution in [0, 0.1) is 0 Å². The molecular weight excluding hydrogens is 377 g/mol. The van der Waals surface area contributed by atoms with E-state index in [9.17, 15) is 14.4 Å². The van der Waals surface area contributed by atoms with E-state index in [0.717, 1.165) is 6.08 Å². The lowest BCUT2D eigenvalue weighted by molar-refractivity contribution is -0.142. The van der Waals surface area contributed by atoms with Crippen LogP contribution in [0.1, 0.15) is 22.8 Å². The predicted octanol–water partition coefficient (Wildman–Crippen LogP) is 4.39. The Labute approximate surface area is 160 Å². The summed E-state index contributed by atoms with van der Waals surface area (Å²) in [6.07, 6.45) is 2.54. The minimum Gasteiger partial charge on any atom is -0.452 e. The molecule has 0 unspecified atom stereocenters. The van der Waals surface area contributed by atoms with Gasteiger partial charge in [-0.1, -0.05) is 41.4 Å². The number of ether oxygens (including phenoxy) is 1. The molecule has 0 heterocycles. The van der Waals surface area contributed by atoms with Crippen LogP contribution in [0.2, 0.25) is 10.0 Å². The predicted molar refractivity (Wildman–Crippen MR) is 102 cm³/mol. The van der Waals surface area contributed by atoms with Crippen molar-refractivity contribution < 1.29 is 19.1 Å². The summed E-state index contributed by atoms with van der Waals surface area (Å²) >= 11 is 12.0.